The zero-order chi connectivity index (χ0) is 18.7. The maximum Gasteiger partial charge on any atom is 0.262 e. The summed E-state index contributed by atoms with van der Waals surface area (Å²) in [5.41, 5.74) is 7.00. The van der Waals surface area contributed by atoms with Crippen molar-refractivity contribution in [3.63, 3.8) is 0 Å². The molecule has 7 heteroatoms. The molecule has 1 unspecified atom stereocenters. The number of nitrogens with one attached hydrogen (secondary N) is 1. The highest BCUT2D eigenvalue weighted by atomic mass is 32.1. The maximum absolute atomic E-state index is 12.3. The van der Waals surface area contributed by atoms with Crippen molar-refractivity contribution in [2.45, 2.75) is 26.2 Å². The van der Waals surface area contributed by atoms with Gasteiger partial charge in [-0.3, -0.25) is 9.59 Å². The van der Waals surface area contributed by atoms with E-state index >= 15 is 0 Å². The summed E-state index contributed by atoms with van der Waals surface area (Å²) in [6.07, 6.45) is 2.75. The molecule has 1 aromatic heterocycles. The lowest BCUT2D eigenvalue weighted by Gasteiger charge is -2.18. The predicted octanol–water partition coefficient (Wildman–Crippen LogP) is 3.00. The van der Waals surface area contributed by atoms with Gasteiger partial charge in [-0.15, -0.1) is 11.3 Å². The fourth-order valence-electron chi connectivity index (χ4n) is 3.14. The van der Waals surface area contributed by atoms with Crippen molar-refractivity contribution in [2.24, 2.45) is 11.7 Å². The van der Waals surface area contributed by atoms with E-state index in [2.05, 4.69) is 12.2 Å². The number of methoxy groups -OCH3 is 1. The zero-order valence-corrected chi connectivity index (χ0v) is 15.7. The number of hydrogen-bond donors (Lipinski definition) is 2. The number of primary amides is 1. The van der Waals surface area contributed by atoms with E-state index in [-0.39, 0.29) is 12.5 Å². The molecule has 1 aromatic carbocycles. The molecule has 0 bridgehead atoms. The molecule has 1 aliphatic rings. The van der Waals surface area contributed by atoms with E-state index < -0.39 is 5.91 Å². The lowest BCUT2D eigenvalue weighted by atomic mass is 9.88. The standard InChI is InChI=1S/C19H22N2O4S/c1-11-7-8-12-15(9-11)26-19(17(12)18(20)23)21-16(22)10-25-14-6-4-3-5-13(14)24-2/h3-6,11H,7-10H2,1-2H3,(H2,20,23)(H,21,22). The van der Waals surface area contributed by atoms with Crippen molar-refractivity contribution in [2.75, 3.05) is 19.0 Å². The lowest BCUT2D eigenvalue weighted by molar-refractivity contribution is -0.118. The molecule has 0 aliphatic heterocycles. The Morgan fingerprint density at radius 3 is 2.73 bits per heavy atom. The maximum atomic E-state index is 12.3. The number of thiophene rings is 1. The Morgan fingerprint density at radius 1 is 1.31 bits per heavy atom. The van der Waals surface area contributed by atoms with Gasteiger partial charge in [0, 0.05) is 4.88 Å². The third-order valence-corrected chi connectivity index (χ3v) is 5.61. The molecule has 26 heavy (non-hydrogen) atoms. The van der Waals surface area contributed by atoms with E-state index in [1.54, 1.807) is 25.3 Å². The molecule has 0 spiro atoms. The summed E-state index contributed by atoms with van der Waals surface area (Å²) in [7, 11) is 1.54. The van der Waals surface area contributed by atoms with Crippen molar-refractivity contribution in [1.82, 2.24) is 0 Å². The Labute approximate surface area is 156 Å². The van der Waals surface area contributed by atoms with Gasteiger partial charge in [0.05, 0.1) is 12.7 Å². The minimum absolute atomic E-state index is 0.183. The SMILES string of the molecule is COc1ccccc1OCC(=O)Nc1sc2c(c1C(N)=O)CCC(C)C2. The summed E-state index contributed by atoms with van der Waals surface area (Å²) in [6.45, 7) is 2.00. The van der Waals surface area contributed by atoms with Crippen LogP contribution in [0.1, 0.15) is 34.1 Å². The molecule has 6 nitrogen and oxygen atoms in total. The average molecular weight is 374 g/mol. The van der Waals surface area contributed by atoms with Gasteiger partial charge in [-0.25, -0.2) is 0 Å². The van der Waals surface area contributed by atoms with Crippen LogP contribution in [0.3, 0.4) is 0 Å². The average Bonchev–Trinajstić information content (AvgIpc) is 2.97. The molecule has 0 fully saturated rings. The third-order valence-electron chi connectivity index (χ3n) is 4.44. The number of nitrogens with two attached hydrogens (primary N) is 1. The first kappa shape index (κ1) is 18.3. The third kappa shape index (κ3) is 3.83. The molecule has 1 heterocycles. The smallest absolute Gasteiger partial charge is 0.262 e. The van der Waals surface area contributed by atoms with Crippen LogP contribution >= 0.6 is 11.3 Å². The Bertz CT molecular complexity index is 831. The van der Waals surface area contributed by atoms with Gasteiger partial charge in [0.25, 0.3) is 11.8 Å². The Balaban J connectivity index is 1.72. The summed E-state index contributed by atoms with van der Waals surface area (Å²) >= 11 is 1.44. The van der Waals surface area contributed by atoms with Gasteiger partial charge in [-0.05, 0) is 42.9 Å². The summed E-state index contributed by atoms with van der Waals surface area (Å²) in [4.78, 5) is 25.4. The van der Waals surface area contributed by atoms with Crippen LogP contribution < -0.4 is 20.5 Å². The van der Waals surface area contributed by atoms with Crippen LogP contribution in [0.15, 0.2) is 24.3 Å². The largest absolute Gasteiger partial charge is 0.493 e. The summed E-state index contributed by atoms with van der Waals surface area (Å²) in [6, 6.07) is 7.11. The van der Waals surface area contributed by atoms with E-state index in [1.807, 2.05) is 6.07 Å². The first-order valence-electron chi connectivity index (χ1n) is 8.49. The monoisotopic (exact) mass is 374 g/mol. The Kier molecular flexibility index (Phi) is 5.46. The van der Waals surface area contributed by atoms with Crippen LogP contribution in [-0.4, -0.2) is 25.5 Å². The molecule has 3 N–H and O–H groups in total. The highest BCUT2D eigenvalue weighted by Gasteiger charge is 2.27. The summed E-state index contributed by atoms with van der Waals surface area (Å²) < 4.78 is 10.7. The van der Waals surface area contributed by atoms with Gasteiger partial charge in [0.1, 0.15) is 5.00 Å². The Hall–Kier alpha value is -2.54. The number of benzene rings is 1. The van der Waals surface area contributed by atoms with Crippen LogP contribution in [0, 0.1) is 5.92 Å². The first-order chi connectivity index (χ1) is 12.5. The number of para-hydroxylation sites is 2. The molecular weight excluding hydrogens is 352 g/mol. The molecule has 3 rings (SSSR count). The Morgan fingerprint density at radius 2 is 2.04 bits per heavy atom. The minimum Gasteiger partial charge on any atom is -0.493 e. The number of fused-ring (bicyclic) bond motifs is 1. The van der Waals surface area contributed by atoms with Crippen LogP contribution in [0.5, 0.6) is 11.5 Å². The summed E-state index contributed by atoms with van der Waals surface area (Å²) in [5.74, 6) is 0.764. The molecule has 2 aromatic rings. The predicted molar refractivity (Wildman–Crippen MR) is 101 cm³/mol. The van der Waals surface area contributed by atoms with Gasteiger partial charge in [-0.1, -0.05) is 19.1 Å². The molecule has 138 valence electrons. The van der Waals surface area contributed by atoms with Gasteiger partial charge in [-0.2, -0.15) is 0 Å². The number of amides is 2. The van der Waals surface area contributed by atoms with Crippen molar-refractivity contribution in [1.29, 1.82) is 0 Å². The van der Waals surface area contributed by atoms with E-state index in [0.717, 1.165) is 29.7 Å². The normalized spacial score (nSPS) is 15.8. The number of carbonyl (C=O) groups excluding carboxylic acids is 2. The molecule has 0 saturated carbocycles. The van der Waals surface area contributed by atoms with Gasteiger partial charge in [0.15, 0.2) is 18.1 Å². The number of carbonyl (C=O) groups is 2. The van der Waals surface area contributed by atoms with Crippen molar-refractivity contribution in [3.8, 4) is 11.5 Å². The zero-order valence-electron chi connectivity index (χ0n) is 14.8. The van der Waals surface area contributed by atoms with E-state index in [0.29, 0.717) is 28.0 Å². The quantitative estimate of drug-likeness (QED) is 0.813. The number of rotatable bonds is 6. The second-order valence-electron chi connectivity index (χ2n) is 6.41. The lowest BCUT2D eigenvalue weighted by Crippen LogP contribution is -2.22. The molecule has 0 saturated heterocycles. The van der Waals surface area contributed by atoms with Crippen molar-refractivity contribution in [3.05, 3.63) is 40.3 Å². The van der Waals surface area contributed by atoms with E-state index in [4.69, 9.17) is 15.2 Å². The number of anilines is 1. The second kappa shape index (κ2) is 7.78. The molecule has 0 radical (unpaired) electrons. The van der Waals surface area contributed by atoms with Gasteiger partial charge >= 0.3 is 0 Å². The van der Waals surface area contributed by atoms with Gasteiger partial charge in [0.2, 0.25) is 0 Å². The molecule has 1 atom stereocenters. The fourth-order valence-corrected chi connectivity index (χ4v) is 4.58. The first-order valence-corrected chi connectivity index (χ1v) is 9.31. The summed E-state index contributed by atoms with van der Waals surface area (Å²) in [5, 5.41) is 3.30. The van der Waals surface area contributed by atoms with Crippen LogP contribution in [0.25, 0.3) is 0 Å². The number of ether oxygens (including phenoxy) is 2. The second-order valence-corrected chi connectivity index (χ2v) is 7.51. The van der Waals surface area contributed by atoms with Crippen LogP contribution in [-0.2, 0) is 17.6 Å². The van der Waals surface area contributed by atoms with E-state index in [1.165, 1.54) is 11.3 Å². The fraction of sp³-hybridized carbons (Fsp3) is 0.368. The number of hydrogen-bond acceptors (Lipinski definition) is 5. The molecule has 1 aliphatic carbocycles. The van der Waals surface area contributed by atoms with Gasteiger partial charge < -0.3 is 20.5 Å². The van der Waals surface area contributed by atoms with Crippen LogP contribution in [0.2, 0.25) is 0 Å². The molecule has 2 amide bonds. The van der Waals surface area contributed by atoms with Crippen LogP contribution in [0.4, 0.5) is 5.00 Å². The van der Waals surface area contributed by atoms with Crippen molar-refractivity contribution < 1.29 is 19.1 Å². The van der Waals surface area contributed by atoms with Crippen molar-refractivity contribution >= 4 is 28.2 Å². The minimum atomic E-state index is -0.502. The highest BCUT2D eigenvalue weighted by Crippen LogP contribution is 2.39. The molecular formula is C19H22N2O4S. The van der Waals surface area contributed by atoms with E-state index in [9.17, 15) is 9.59 Å². The highest BCUT2D eigenvalue weighted by molar-refractivity contribution is 7.17. The topological polar surface area (TPSA) is 90.7 Å².